The van der Waals surface area contributed by atoms with Crippen molar-refractivity contribution in [2.45, 2.75) is 50.8 Å². The summed E-state index contributed by atoms with van der Waals surface area (Å²) in [5.41, 5.74) is 5.83. The fourth-order valence-corrected chi connectivity index (χ4v) is 2.45. The molecule has 0 spiro atoms. The quantitative estimate of drug-likeness (QED) is 0.682. The van der Waals surface area contributed by atoms with E-state index in [1.165, 1.54) is 0 Å². The first-order valence-electron chi connectivity index (χ1n) is 6.91. The normalized spacial score (nSPS) is 23.9. The van der Waals surface area contributed by atoms with E-state index in [1.807, 2.05) is 0 Å². The Labute approximate surface area is 113 Å². The maximum Gasteiger partial charge on any atom is 0.271 e. The Hall–Kier alpha value is -1.40. The number of carbonyl (C=O) groups is 1. The second-order valence-corrected chi connectivity index (χ2v) is 5.07. The molecular formula is C13H22N4O2. The van der Waals surface area contributed by atoms with E-state index >= 15 is 0 Å². The molecule has 6 nitrogen and oxygen atoms in total. The van der Waals surface area contributed by atoms with Crippen molar-refractivity contribution in [2.75, 3.05) is 6.54 Å². The lowest BCUT2D eigenvalue weighted by Crippen LogP contribution is -2.42. The molecule has 4 N–H and O–H groups in total. The average Bonchev–Trinajstić information content (AvgIpc) is 2.77. The van der Waals surface area contributed by atoms with Gasteiger partial charge in [-0.2, -0.15) is 0 Å². The summed E-state index contributed by atoms with van der Waals surface area (Å²) >= 11 is 0. The minimum atomic E-state index is -0.447. The molecule has 2 unspecified atom stereocenters. The van der Waals surface area contributed by atoms with Crippen LogP contribution < -0.4 is 11.1 Å². The number of nitrogens with two attached hydrogens (primary N) is 1. The SMILES string of the molecule is NCCn1cnc(C(=O)NC2CCCCCC2O)c1. The first-order chi connectivity index (χ1) is 9.20. The van der Waals surface area contributed by atoms with E-state index in [1.54, 1.807) is 17.1 Å². The number of aromatic nitrogens is 2. The van der Waals surface area contributed by atoms with E-state index in [4.69, 9.17) is 5.73 Å². The fourth-order valence-electron chi connectivity index (χ4n) is 2.45. The van der Waals surface area contributed by atoms with E-state index < -0.39 is 6.10 Å². The van der Waals surface area contributed by atoms with Crippen molar-refractivity contribution in [3.05, 3.63) is 18.2 Å². The molecule has 1 aromatic rings. The van der Waals surface area contributed by atoms with Crippen molar-refractivity contribution in [2.24, 2.45) is 5.73 Å². The minimum absolute atomic E-state index is 0.158. The molecular weight excluding hydrogens is 244 g/mol. The zero-order valence-electron chi connectivity index (χ0n) is 11.1. The van der Waals surface area contributed by atoms with Crippen LogP contribution in [0.1, 0.15) is 42.6 Å². The van der Waals surface area contributed by atoms with Gasteiger partial charge in [-0.25, -0.2) is 4.98 Å². The summed E-state index contributed by atoms with van der Waals surface area (Å²) in [6, 6.07) is -0.158. The zero-order chi connectivity index (χ0) is 13.7. The number of rotatable bonds is 4. The number of nitrogens with one attached hydrogen (secondary N) is 1. The third kappa shape index (κ3) is 3.78. The molecule has 0 saturated heterocycles. The molecule has 2 rings (SSSR count). The molecule has 6 heteroatoms. The molecule has 0 aromatic carbocycles. The molecule has 1 heterocycles. The second kappa shape index (κ2) is 6.68. The maximum absolute atomic E-state index is 12.1. The number of aliphatic hydroxyl groups excluding tert-OH is 1. The standard InChI is InChI=1S/C13H22N4O2/c14-6-7-17-8-11(15-9-17)13(19)16-10-4-2-1-3-5-12(10)18/h8-10,12,18H,1-7,14H2,(H,16,19). The predicted molar refractivity (Wildman–Crippen MR) is 71.6 cm³/mol. The van der Waals surface area contributed by atoms with Crippen molar-refractivity contribution >= 4 is 5.91 Å². The largest absolute Gasteiger partial charge is 0.391 e. The number of hydrogen-bond donors (Lipinski definition) is 3. The van der Waals surface area contributed by atoms with E-state index in [-0.39, 0.29) is 11.9 Å². The highest BCUT2D eigenvalue weighted by Crippen LogP contribution is 2.18. The van der Waals surface area contributed by atoms with Gasteiger partial charge in [-0.3, -0.25) is 4.79 Å². The molecule has 1 saturated carbocycles. The monoisotopic (exact) mass is 266 g/mol. The van der Waals surface area contributed by atoms with Crippen molar-refractivity contribution < 1.29 is 9.90 Å². The molecule has 0 bridgehead atoms. The zero-order valence-corrected chi connectivity index (χ0v) is 11.1. The van der Waals surface area contributed by atoms with E-state index in [9.17, 15) is 9.90 Å². The van der Waals surface area contributed by atoms with Gasteiger partial charge >= 0.3 is 0 Å². The van der Waals surface area contributed by atoms with Gasteiger partial charge in [0.1, 0.15) is 5.69 Å². The Morgan fingerprint density at radius 2 is 2.26 bits per heavy atom. The van der Waals surface area contributed by atoms with Gasteiger partial charge in [0.15, 0.2) is 0 Å². The summed E-state index contributed by atoms with van der Waals surface area (Å²) in [5.74, 6) is -0.221. The first kappa shape index (κ1) is 14.0. The van der Waals surface area contributed by atoms with Crippen molar-refractivity contribution in [1.82, 2.24) is 14.9 Å². The smallest absolute Gasteiger partial charge is 0.271 e. The van der Waals surface area contributed by atoms with Gasteiger partial charge in [0, 0.05) is 19.3 Å². The number of hydrogen-bond acceptors (Lipinski definition) is 4. The summed E-state index contributed by atoms with van der Waals surface area (Å²) in [4.78, 5) is 16.1. The molecule has 1 aromatic heterocycles. The molecule has 1 aliphatic carbocycles. The van der Waals surface area contributed by atoms with Crippen LogP contribution in [-0.4, -0.2) is 39.3 Å². The molecule has 2 atom stereocenters. The van der Waals surface area contributed by atoms with Gasteiger partial charge < -0.3 is 20.7 Å². The van der Waals surface area contributed by atoms with Crippen LogP contribution in [0.3, 0.4) is 0 Å². The van der Waals surface area contributed by atoms with Gasteiger partial charge in [-0.05, 0) is 12.8 Å². The van der Waals surface area contributed by atoms with Crippen LogP contribution in [0.5, 0.6) is 0 Å². The van der Waals surface area contributed by atoms with Crippen LogP contribution in [0.2, 0.25) is 0 Å². The summed E-state index contributed by atoms with van der Waals surface area (Å²) in [6.45, 7) is 1.16. The summed E-state index contributed by atoms with van der Waals surface area (Å²) in [5, 5.41) is 12.9. The lowest BCUT2D eigenvalue weighted by molar-refractivity contribution is 0.0814. The predicted octanol–water partition coefficient (Wildman–Crippen LogP) is 0.265. The third-order valence-corrected chi connectivity index (χ3v) is 3.55. The van der Waals surface area contributed by atoms with Gasteiger partial charge in [0.05, 0.1) is 18.5 Å². The fraction of sp³-hybridized carbons (Fsp3) is 0.692. The van der Waals surface area contributed by atoms with Crippen LogP contribution in [0.25, 0.3) is 0 Å². The van der Waals surface area contributed by atoms with Crippen LogP contribution in [0.15, 0.2) is 12.5 Å². The molecule has 1 amide bonds. The van der Waals surface area contributed by atoms with Crippen molar-refractivity contribution in [3.8, 4) is 0 Å². The maximum atomic E-state index is 12.1. The lowest BCUT2D eigenvalue weighted by atomic mass is 10.1. The van der Waals surface area contributed by atoms with Crippen LogP contribution in [-0.2, 0) is 6.54 Å². The summed E-state index contributed by atoms with van der Waals surface area (Å²) in [6.07, 6.45) is 7.62. The van der Waals surface area contributed by atoms with E-state index in [0.717, 1.165) is 32.1 Å². The highest BCUT2D eigenvalue weighted by Gasteiger charge is 2.24. The number of carbonyl (C=O) groups excluding carboxylic acids is 1. The summed E-state index contributed by atoms with van der Waals surface area (Å²) < 4.78 is 1.79. The average molecular weight is 266 g/mol. The molecule has 1 aliphatic rings. The molecule has 1 fully saturated rings. The van der Waals surface area contributed by atoms with Gasteiger partial charge in [0.2, 0.25) is 0 Å². The molecule has 19 heavy (non-hydrogen) atoms. The second-order valence-electron chi connectivity index (χ2n) is 5.07. The summed E-state index contributed by atoms with van der Waals surface area (Å²) in [7, 11) is 0. The number of nitrogens with zero attached hydrogens (tertiary/aromatic N) is 2. The Morgan fingerprint density at radius 3 is 3.05 bits per heavy atom. The van der Waals surface area contributed by atoms with Crippen LogP contribution in [0.4, 0.5) is 0 Å². The topological polar surface area (TPSA) is 93.2 Å². The van der Waals surface area contributed by atoms with Gasteiger partial charge in [-0.15, -0.1) is 0 Å². The molecule has 0 radical (unpaired) electrons. The van der Waals surface area contributed by atoms with E-state index in [0.29, 0.717) is 18.8 Å². The third-order valence-electron chi connectivity index (χ3n) is 3.55. The lowest BCUT2D eigenvalue weighted by Gasteiger charge is -2.21. The Kier molecular flexibility index (Phi) is 4.93. The Balaban J connectivity index is 1.94. The Bertz CT molecular complexity index is 419. The van der Waals surface area contributed by atoms with Gasteiger partial charge in [-0.1, -0.05) is 19.3 Å². The minimum Gasteiger partial charge on any atom is -0.391 e. The highest BCUT2D eigenvalue weighted by atomic mass is 16.3. The number of imidazole rings is 1. The first-order valence-corrected chi connectivity index (χ1v) is 6.91. The van der Waals surface area contributed by atoms with Crippen LogP contribution >= 0.6 is 0 Å². The molecule has 106 valence electrons. The van der Waals surface area contributed by atoms with Gasteiger partial charge in [0.25, 0.3) is 5.91 Å². The number of amides is 1. The highest BCUT2D eigenvalue weighted by molar-refractivity contribution is 5.92. The van der Waals surface area contributed by atoms with E-state index in [2.05, 4.69) is 10.3 Å². The van der Waals surface area contributed by atoms with Crippen molar-refractivity contribution in [3.63, 3.8) is 0 Å². The van der Waals surface area contributed by atoms with Crippen molar-refractivity contribution in [1.29, 1.82) is 0 Å². The van der Waals surface area contributed by atoms with Crippen LogP contribution in [0, 0.1) is 0 Å². The number of aliphatic hydroxyl groups is 1. The molecule has 0 aliphatic heterocycles. The Morgan fingerprint density at radius 1 is 1.47 bits per heavy atom.